The van der Waals surface area contributed by atoms with Crippen LogP contribution in [0, 0.1) is 0 Å². The molecule has 1 aromatic heterocycles. The molecule has 0 N–H and O–H groups in total. The lowest BCUT2D eigenvalue weighted by Gasteiger charge is -1.88. The van der Waals surface area contributed by atoms with Gasteiger partial charge in [-0.25, -0.2) is 0 Å². The molecule has 1 unspecified atom stereocenters. The summed E-state index contributed by atoms with van der Waals surface area (Å²) in [6.07, 6.45) is 4.15. The number of alkyl halides is 1. The Balaban J connectivity index is 2.64. The molecule has 0 saturated heterocycles. The monoisotopic (exact) mass is 250 g/mol. The molecular formula is C8H8BrClS. The lowest BCUT2D eigenvalue weighted by molar-refractivity contribution is 1.29. The molecule has 1 aromatic rings. The van der Waals surface area contributed by atoms with Crippen molar-refractivity contribution in [1.29, 1.82) is 0 Å². The van der Waals surface area contributed by atoms with E-state index in [9.17, 15) is 0 Å². The number of hydrogen-bond acceptors (Lipinski definition) is 1. The normalized spacial score (nSPS) is 14.1. The van der Waals surface area contributed by atoms with Crippen LogP contribution in [0.4, 0.5) is 0 Å². The SMILES string of the molecule is CC(Br)/C=C/c1cc(Cl)cs1. The quantitative estimate of drug-likeness (QED) is 0.691. The maximum absolute atomic E-state index is 5.74. The molecule has 0 aromatic carbocycles. The highest BCUT2D eigenvalue weighted by Gasteiger charge is 1.92. The van der Waals surface area contributed by atoms with Crippen LogP contribution in [-0.2, 0) is 0 Å². The van der Waals surface area contributed by atoms with Crippen molar-refractivity contribution in [2.24, 2.45) is 0 Å². The third kappa shape index (κ3) is 3.41. The maximum Gasteiger partial charge on any atom is 0.0519 e. The second kappa shape index (κ2) is 4.29. The first-order valence-corrected chi connectivity index (χ1v) is 5.42. The average molecular weight is 252 g/mol. The van der Waals surface area contributed by atoms with Crippen molar-refractivity contribution in [3.05, 3.63) is 27.4 Å². The summed E-state index contributed by atoms with van der Waals surface area (Å²) in [7, 11) is 0. The number of halogens is 2. The second-order valence-electron chi connectivity index (χ2n) is 2.20. The van der Waals surface area contributed by atoms with Gasteiger partial charge in [-0.15, -0.1) is 11.3 Å². The van der Waals surface area contributed by atoms with E-state index in [1.807, 2.05) is 11.4 Å². The molecular weight excluding hydrogens is 244 g/mol. The Labute approximate surface area is 84.0 Å². The molecule has 1 atom stereocenters. The Bertz CT molecular complexity index is 252. The van der Waals surface area contributed by atoms with Gasteiger partial charge in [0.25, 0.3) is 0 Å². The highest BCUT2D eigenvalue weighted by molar-refractivity contribution is 9.09. The highest BCUT2D eigenvalue weighted by atomic mass is 79.9. The van der Waals surface area contributed by atoms with Gasteiger partial charge >= 0.3 is 0 Å². The van der Waals surface area contributed by atoms with Crippen LogP contribution in [0.25, 0.3) is 6.08 Å². The zero-order valence-corrected chi connectivity index (χ0v) is 9.21. The van der Waals surface area contributed by atoms with E-state index in [4.69, 9.17) is 11.6 Å². The Morgan fingerprint density at radius 1 is 1.73 bits per heavy atom. The Morgan fingerprint density at radius 2 is 2.45 bits per heavy atom. The van der Waals surface area contributed by atoms with Gasteiger partial charge in [-0.3, -0.25) is 0 Å². The fourth-order valence-corrected chi connectivity index (χ4v) is 1.78. The Hall–Kier alpha value is 0.210. The predicted molar refractivity (Wildman–Crippen MR) is 56.8 cm³/mol. The fraction of sp³-hybridized carbons (Fsp3) is 0.250. The molecule has 0 spiro atoms. The summed E-state index contributed by atoms with van der Waals surface area (Å²) < 4.78 is 0. The third-order valence-corrected chi connectivity index (χ3v) is 2.66. The lowest BCUT2D eigenvalue weighted by Crippen LogP contribution is -1.77. The van der Waals surface area contributed by atoms with Gasteiger partial charge in [0, 0.05) is 15.1 Å². The van der Waals surface area contributed by atoms with Crippen molar-refractivity contribution >= 4 is 44.9 Å². The van der Waals surface area contributed by atoms with Crippen LogP contribution in [0.2, 0.25) is 5.02 Å². The second-order valence-corrected chi connectivity index (χ2v) is 5.03. The molecule has 0 aliphatic heterocycles. The molecule has 0 aliphatic rings. The van der Waals surface area contributed by atoms with Gasteiger partial charge in [0.2, 0.25) is 0 Å². The van der Waals surface area contributed by atoms with Gasteiger partial charge < -0.3 is 0 Å². The van der Waals surface area contributed by atoms with E-state index in [1.54, 1.807) is 11.3 Å². The van der Waals surface area contributed by atoms with Gasteiger partial charge in [-0.2, -0.15) is 0 Å². The summed E-state index contributed by atoms with van der Waals surface area (Å²) in [6.45, 7) is 2.08. The van der Waals surface area contributed by atoms with Crippen molar-refractivity contribution < 1.29 is 0 Å². The zero-order chi connectivity index (χ0) is 8.27. The van der Waals surface area contributed by atoms with E-state index in [2.05, 4.69) is 35.0 Å². The smallest absolute Gasteiger partial charge is 0.0519 e. The standard InChI is InChI=1S/C8H8BrClS/c1-6(9)2-3-8-4-7(10)5-11-8/h2-6H,1H3/b3-2+. The van der Waals surface area contributed by atoms with E-state index < -0.39 is 0 Å². The van der Waals surface area contributed by atoms with Crippen LogP contribution in [0.1, 0.15) is 11.8 Å². The van der Waals surface area contributed by atoms with E-state index in [1.165, 1.54) is 4.88 Å². The molecule has 11 heavy (non-hydrogen) atoms. The zero-order valence-electron chi connectivity index (χ0n) is 6.05. The van der Waals surface area contributed by atoms with E-state index in [0.717, 1.165) is 5.02 Å². The number of rotatable bonds is 2. The van der Waals surface area contributed by atoms with Crippen LogP contribution < -0.4 is 0 Å². The number of allylic oxidation sites excluding steroid dienone is 1. The summed E-state index contributed by atoms with van der Waals surface area (Å²) in [4.78, 5) is 1.62. The van der Waals surface area contributed by atoms with E-state index >= 15 is 0 Å². The molecule has 1 heterocycles. The van der Waals surface area contributed by atoms with Crippen LogP contribution in [0.15, 0.2) is 17.5 Å². The first kappa shape index (κ1) is 9.30. The first-order chi connectivity index (χ1) is 5.18. The van der Waals surface area contributed by atoms with Crippen molar-refractivity contribution in [3.8, 4) is 0 Å². The number of thiophene rings is 1. The van der Waals surface area contributed by atoms with Crippen LogP contribution in [0.3, 0.4) is 0 Å². The van der Waals surface area contributed by atoms with Crippen LogP contribution in [-0.4, -0.2) is 4.83 Å². The average Bonchev–Trinajstić information content (AvgIpc) is 2.31. The first-order valence-electron chi connectivity index (χ1n) is 3.25. The van der Waals surface area contributed by atoms with Crippen molar-refractivity contribution in [3.63, 3.8) is 0 Å². The minimum absolute atomic E-state index is 0.420. The maximum atomic E-state index is 5.74. The van der Waals surface area contributed by atoms with Gasteiger partial charge in [0.1, 0.15) is 0 Å². The Morgan fingerprint density at radius 3 is 2.91 bits per heavy atom. The molecule has 0 amide bonds. The van der Waals surface area contributed by atoms with Gasteiger partial charge in [0.05, 0.1) is 5.02 Å². The molecule has 1 rings (SSSR count). The van der Waals surface area contributed by atoms with Gasteiger partial charge in [0.15, 0.2) is 0 Å². The van der Waals surface area contributed by atoms with Crippen molar-refractivity contribution in [2.45, 2.75) is 11.8 Å². The molecule has 60 valence electrons. The fourth-order valence-electron chi connectivity index (χ4n) is 0.643. The van der Waals surface area contributed by atoms with Crippen molar-refractivity contribution in [2.75, 3.05) is 0 Å². The van der Waals surface area contributed by atoms with Gasteiger partial charge in [-0.05, 0) is 19.1 Å². The van der Waals surface area contributed by atoms with Crippen molar-refractivity contribution in [1.82, 2.24) is 0 Å². The predicted octanol–water partition coefficient (Wildman–Crippen LogP) is 4.20. The van der Waals surface area contributed by atoms with E-state index in [-0.39, 0.29) is 0 Å². The summed E-state index contributed by atoms with van der Waals surface area (Å²) in [5, 5.41) is 2.75. The third-order valence-electron chi connectivity index (χ3n) is 1.11. The largest absolute Gasteiger partial charge is 0.143 e. The molecule has 0 radical (unpaired) electrons. The number of hydrogen-bond donors (Lipinski definition) is 0. The van der Waals surface area contributed by atoms with Gasteiger partial charge in [-0.1, -0.05) is 33.6 Å². The molecule has 3 heteroatoms. The van der Waals surface area contributed by atoms with Crippen LogP contribution >= 0.6 is 38.9 Å². The topological polar surface area (TPSA) is 0 Å². The molecule has 0 nitrogen and oxygen atoms in total. The van der Waals surface area contributed by atoms with E-state index in [0.29, 0.717) is 4.83 Å². The summed E-state index contributed by atoms with van der Waals surface area (Å²) >= 11 is 10.8. The summed E-state index contributed by atoms with van der Waals surface area (Å²) in [6, 6.07) is 1.96. The molecule has 0 fully saturated rings. The highest BCUT2D eigenvalue weighted by Crippen LogP contribution is 2.20. The lowest BCUT2D eigenvalue weighted by atomic mass is 10.3. The molecule has 0 saturated carbocycles. The summed E-state index contributed by atoms with van der Waals surface area (Å²) in [5.74, 6) is 0. The van der Waals surface area contributed by atoms with Crippen LogP contribution in [0.5, 0.6) is 0 Å². The minimum atomic E-state index is 0.420. The molecule has 0 bridgehead atoms. The minimum Gasteiger partial charge on any atom is -0.143 e. The Kier molecular flexibility index (Phi) is 3.63. The summed E-state index contributed by atoms with van der Waals surface area (Å²) in [5.41, 5.74) is 0. The molecule has 0 aliphatic carbocycles.